The van der Waals surface area contributed by atoms with Crippen LogP contribution >= 0.6 is 0 Å². The Morgan fingerprint density at radius 3 is 2.09 bits per heavy atom. The first-order chi connectivity index (χ1) is 21.0. The molecule has 1 unspecified atom stereocenters. The monoisotopic (exact) mass is 587 g/mol. The highest BCUT2D eigenvalue weighted by atomic mass is 16.7. The van der Waals surface area contributed by atoms with Crippen molar-refractivity contribution in [2.24, 2.45) is 0 Å². The van der Waals surface area contributed by atoms with E-state index in [1.165, 1.54) is 31.8 Å². The fraction of sp³-hybridized carbons (Fsp3) is 0.400. The number of methoxy groups -OCH3 is 1. The molecule has 228 valence electrons. The predicted octanol–water partition coefficient (Wildman–Crippen LogP) is 6.56. The summed E-state index contributed by atoms with van der Waals surface area (Å²) in [5, 5.41) is 0. The first-order valence-electron chi connectivity index (χ1n) is 15.0. The zero-order chi connectivity index (χ0) is 30.0. The molecular weight excluding hydrogens is 546 g/mol. The van der Waals surface area contributed by atoms with E-state index in [1.807, 2.05) is 36.4 Å². The number of allylic oxidation sites excluding steroid dienone is 1. The second-order valence-electron chi connectivity index (χ2n) is 10.8. The van der Waals surface area contributed by atoms with Gasteiger partial charge in [0.2, 0.25) is 6.79 Å². The summed E-state index contributed by atoms with van der Waals surface area (Å²) in [6.07, 6.45) is 4.10. The molecule has 0 aliphatic carbocycles. The topological polar surface area (TPSA) is 75.7 Å². The van der Waals surface area contributed by atoms with Crippen LogP contribution in [0.5, 0.6) is 23.0 Å². The summed E-state index contributed by atoms with van der Waals surface area (Å²) in [5.74, 6) is 2.69. The molecule has 2 aliphatic rings. The van der Waals surface area contributed by atoms with Gasteiger partial charge in [-0.05, 0) is 96.6 Å². The standard InChI is InChI=1S/C35H41NO7/c1-4-32(28-12-17-33-34(20-28)42-24-41-33)35(27-10-15-30(16-11-27)40-23-38-3)26-8-13-29(14-9-26)39-22-31(43-25(2)37)21-36-18-6-5-7-19-36/h8-17,20,31H,4-7,18-19,21-24H2,1-3H3/b35-32+. The molecule has 1 saturated heterocycles. The van der Waals surface area contributed by atoms with Crippen LogP contribution in [0.15, 0.2) is 66.7 Å². The number of hydrogen-bond donors (Lipinski definition) is 0. The Labute approximate surface area is 254 Å². The van der Waals surface area contributed by atoms with E-state index in [1.54, 1.807) is 7.11 Å². The minimum absolute atomic E-state index is 0.192. The van der Waals surface area contributed by atoms with E-state index in [0.717, 1.165) is 64.8 Å². The first kappa shape index (κ1) is 30.4. The molecule has 0 aromatic heterocycles. The van der Waals surface area contributed by atoms with Crippen LogP contribution in [0.25, 0.3) is 11.1 Å². The molecule has 3 aromatic rings. The van der Waals surface area contributed by atoms with Gasteiger partial charge in [0.25, 0.3) is 0 Å². The molecule has 2 aliphatic heterocycles. The minimum atomic E-state index is -0.317. The normalized spacial score (nSPS) is 15.9. The number of carbonyl (C=O) groups is 1. The highest BCUT2D eigenvalue weighted by molar-refractivity contribution is 5.99. The predicted molar refractivity (Wildman–Crippen MR) is 165 cm³/mol. The number of piperidine rings is 1. The maximum absolute atomic E-state index is 11.8. The Bertz CT molecular complexity index is 1380. The lowest BCUT2D eigenvalue weighted by atomic mass is 9.88. The quantitative estimate of drug-likeness (QED) is 0.126. The number of esters is 1. The molecule has 0 amide bonds. The van der Waals surface area contributed by atoms with Crippen LogP contribution in [0.4, 0.5) is 0 Å². The molecule has 8 nitrogen and oxygen atoms in total. The van der Waals surface area contributed by atoms with Gasteiger partial charge in [-0.2, -0.15) is 0 Å². The van der Waals surface area contributed by atoms with Crippen molar-refractivity contribution in [3.8, 4) is 23.0 Å². The number of benzene rings is 3. The Hall–Kier alpha value is -4.01. The maximum Gasteiger partial charge on any atom is 0.303 e. The maximum atomic E-state index is 11.8. The Morgan fingerprint density at radius 1 is 0.837 bits per heavy atom. The van der Waals surface area contributed by atoms with Crippen molar-refractivity contribution >= 4 is 17.1 Å². The molecule has 43 heavy (non-hydrogen) atoms. The van der Waals surface area contributed by atoms with Crippen LogP contribution in [0.2, 0.25) is 0 Å². The highest BCUT2D eigenvalue weighted by Crippen LogP contribution is 2.40. The molecule has 0 bridgehead atoms. The molecule has 8 heteroatoms. The molecule has 1 atom stereocenters. The van der Waals surface area contributed by atoms with Crippen molar-refractivity contribution in [1.82, 2.24) is 4.90 Å². The molecule has 0 N–H and O–H groups in total. The Kier molecular flexibility index (Phi) is 10.6. The van der Waals surface area contributed by atoms with Crippen LogP contribution < -0.4 is 18.9 Å². The van der Waals surface area contributed by atoms with Crippen molar-refractivity contribution in [2.45, 2.75) is 45.6 Å². The lowest BCUT2D eigenvalue weighted by Crippen LogP contribution is -2.40. The largest absolute Gasteiger partial charge is 0.490 e. The molecular formula is C35H41NO7. The van der Waals surface area contributed by atoms with E-state index < -0.39 is 0 Å². The van der Waals surface area contributed by atoms with Crippen LogP contribution in [-0.2, 0) is 14.3 Å². The van der Waals surface area contributed by atoms with Crippen LogP contribution in [0.3, 0.4) is 0 Å². The third-order valence-corrected chi connectivity index (χ3v) is 7.68. The number of fused-ring (bicyclic) bond motifs is 1. The second kappa shape index (κ2) is 14.9. The second-order valence-corrected chi connectivity index (χ2v) is 10.8. The van der Waals surface area contributed by atoms with Gasteiger partial charge < -0.3 is 28.4 Å². The van der Waals surface area contributed by atoms with Gasteiger partial charge in [-0.3, -0.25) is 9.69 Å². The van der Waals surface area contributed by atoms with Crippen LogP contribution in [0.1, 0.15) is 56.2 Å². The SMILES string of the molecule is CC/C(=C(\c1ccc(OCOC)cc1)c1ccc(OCC(CN2CCCCC2)OC(C)=O)cc1)c1ccc2c(c1)OCO2. The number of ether oxygens (including phenoxy) is 6. The lowest BCUT2D eigenvalue weighted by molar-refractivity contribution is -0.149. The average molecular weight is 588 g/mol. The molecule has 0 radical (unpaired) electrons. The summed E-state index contributed by atoms with van der Waals surface area (Å²) in [6.45, 7) is 7.09. The highest BCUT2D eigenvalue weighted by Gasteiger charge is 2.21. The molecule has 0 saturated carbocycles. The zero-order valence-corrected chi connectivity index (χ0v) is 25.3. The van der Waals surface area contributed by atoms with Crippen molar-refractivity contribution in [1.29, 1.82) is 0 Å². The van der Waals surface area contributed by atoms with E-state index >= 15 is 0 Å². The van der Waals surface area contributed by atoms with Crippen molar-refractivity contribution in [3.63, 3.8) is 0 Å². The van der Waals surface area contributed by atoms with E-state index in [2.05, 4.69) is 42.2 Å². The van der Waals surface area contributed by atoms with E-state index in [4.69, 9.17) is 28.4 Å². The number of carbonyl (C=O) groups excluding carboxylic acids is 1. The van der Waals surface area contributed by atoms with Gasteiger partial charge in [-0.15, -0.1) is 0 Å². The van der Waals surface area contributed by atoms with E-state index in [-0.39, 0.29) is 25.7 Å². The summed E-state index contributed by atoms with van der Waals surface area (Å²) in [6, 6.07) is 22.2. The summed E-state index contributed by atoms with van der Waals surface area (Å²) in [4.78, 5) is 14.1. The summed E-state index contributed by atoms with van der Waals surface area (Å²) >= 11 is 0. The minimum Gasteiger partial charge on any atom is -0.490 e. The van der Waals surface area contributed by atoms with Crippen molar-refractivity contribution in [2.75, 3.05) is 46.9 Å². The van der Waals surface area contributed by atoms with Crippen molar-refractivity contribution in [3.05, 3.63) is 83.4 Å². The van der Waals surface area contributed by atoms with Crippen LogP contribution in [0, 0.1) is 0 Å². The van der Waals surface area contributed by atoms with Crippen LogP contribution in [-0.4, -0.2) is 63.9 Å². The van der Waals surface area contributed by atoms with E-state index in [0.29, 0.717) is 13.2 Å². The number of likely N-dealkylation sites (tertiary alicyclic amines) is 1. The van der Waals surface area contributed by atoms with Gasteiger partial charge in [-0.1, -0.05) is 43.7 Å². The van der Waals surface area contributed by atoms with Gasteiger partial charge in [-0.25, -0.2) is 0 Å². The summed E-state index contributed by atoms with van der Waals surface area (Å²) < 4.78 is 33.7. The Balaban J connectivity index is 1.41. The number of rotatable bonds is 13. The Morgan fingerprint density at radius 2 is 1.47 bits per heavy atom. The molecule has 5 rings (SSSR count). The fourth-order valence-corrected chi connectivity index (χ4v) is 5.67. The molecule has 0 spiro atoms. The zero-order valence-electron chi connectivity index (χ0n) is 25.3. The number of nitrogens with zero attached hydrogens (tertiary/aromatic N) is 1. The molecule has 1 fully saturated rings. The van der Waals surface area contributed by atoms with Gasteiger partial charge in [0.15, 0.2) is 18.3 Å². The summed E-state index contributed by atoms with van der Waals surface area (Å²) in [5.41, 5.74) is 5.47. The third kappa shape index (κ3) is 8.09. The van der Waals surface area contributed by atoms with E-state index in [9.17, 15) is 4.79 Å². The number of hydrogen-bond acceptors (Lipinski definition) is 8. The fourth-order valence-electron chi connectivity index (χ4n) is 5.67. The molecule has 3 aromatic carbocycles. The first-order valence-corrected chi connectivity index (χ1v) is 15.0. The lowest BCUT2D eigenvalue weighted by Gasteiger charge is -2.30. The summed E-state index contributed by atoms with van der Waals surface area (Å²) in [7, 11) is 1.60. The van der Waals surface area contributed by atoms with Gasteiger partial charge in [0.05, 0.1) is 0 Å². The van der Waals surface area contributed by atoms with Gasteiger partial charge >= 0.3 is 5.97 Å². The van der Waals surface area contributed by atoms with Gasteiger partial charge in [0, 0.05) is 20.6 Å². The van der Waals surface area contributed by atoms with Gasteiger partial charge in [0.1, 0.15) is 24.2 Å². The third-order valence-electron chi connectivity index (χ3n) is 7.68. The smallest absolute Gasteiger partial charge is 0.303 e. The molecule has 2 heterocycles. The average Bonchev–Trinajstić information content (AvgIpc) is 3.51. The van der Waals surface area contributed by atoms with Crippen molar-refractivity contribution < 1.29 is 33.2 Å².